The molecule has 3 aromatic rings. The van der Waals surface area contributed by atoms with E-state index in [0.717, 1.165) is 36.1 Å². The van der Waals surface area contributed by atoms with Crippen LogP contribution in [0.15, 0.2) is 42.5 Å². The molecule has 0 saturated heterocycles. The van der Waals surface area contributed by atoms with E-state index in [9.17, 15) is 0 Å². The standard InChI is InChI=1S/C18H20N2/c1-13-10-11-16-17(12-13)20-18(19-16)9-5-8-15-7-4-3-6-14(15)2/h3-4,6-7,10-12H,5,8-9H2,1-2H3,(H,19,20). The van der Waals surface area contributed by atoms with E-state index in [4.69, 9.17) is 0 Å². The zero-order valence-corrected chi connectivity index (χ0v) is 12.1. The Morgan fingerprint density at radius 1 is 1.00 bits per heavy atom. The van der Waals surface area contributed by atoms with Crippen LogP contribution in [0.4, 0.5) is 0 Å². The summed E-state index contributed by atoms with van der Waals surface area (Å²) in [5.41, 5.74) is 6.31. The van der Waals surface area contributed by atoms with Crippen LogP contribution < -0.4 is 0 Å². The molecule has 1 aromatic heterocycles. The van der Waals surface area contributed by atoms with E-state index in [0.29, 0.717) is 0 Å². The topological polar surface area (TPSA) is 28.7 Å². The van der Waals surface area contributed by atoms with Gasteiger partial charge in [0.2, 0.25) is 0 Å². The molecule has 2 aromatic carbocycles. The number of hydrogen-bond donors (Lipinski definition) is 1. The van der Waals surface area contributed by atoms with E-state index in [1.807, 2.05) is 0 Å². The Hall–Kier alpha value is -2.09. The van der Waals surface area contributed by atoms with Gasteiger partial charge in [-0.3, -0.25) is 0 Å². The molecular weight excluding hydrogens is 244 g/mol. The minimum Gasteiger partial charge on any atom is -0.342 e. The predicted molar refractivity (Wildman–Crippen MR) is 84.0 cm³/mol. The van der Waals surface area contributed by atoms with Gasteiger partial charge >= 0.3 is 0 Å². The Balaban J connectivity index is 1.67. The van der Waals surface area contributed by atoms with Crippen LogP contribution in [0.3, 0.4) is 0 Å². The molecule has 0 unspecified atom stereocenters. The molecule has 0 aliphatic rings. The monoisotopic (exact) mass is 264 g/mol. The summed E-state index contributed by atoms with van der Waals surface area (Å²) in [5, 5.41) is 0. The fourth-order valence-corrected chi connectivity index (χ4v) is 2.62. The summed E-state index contributed by atoms with van der Waals surface area (Å²) in [5.74, 6) is 1.10. The smallest absolute Gasteiger partial charge is 0.107 e. The summed E-state index contributed by atoms with van der Waals surface area (Å²) in [6.07, 6.45) is 3.24. The van der Waals surface area contributed by atoms with Crippen LogP contribution in [-0.4, -0.2) is 9.97 Å². The van der Waals surface area contributed by atoms with Crippen molar-refractivity contribution in [1.82, 2.24) is 9.97 Å². The van der Waals surface area contributed by atoms with Crippen LogP contribution in [0, 0.1) is 13.8 Å². The molecule has 0 spiro atoms. The first kappa shape index (κ1) is 12.9. The molecule has 1 N–H and O–H groups in total. The average Bonchev–Trinajstić information content (AvgIpc) is 2.83. The molecule has 0 radical (unpaired) electrons. The third-order valence-corrected chi connectivity index (χ3v) is 3.81. The van der Waals surface area contributed by atoms with Crippen molar-refractivity contribution in [3.05, 3.63) is 65.0 Å². The van der Waals surface area contributed by atoms with Gasteiger partial charge in [-0.15, -0.1) is 0 Å². The van der Waals surface area contributed by atoms with Crippen LogP contribution in [-0.2, 0) is 12.8 Å². The maximum atomic E-state index is 4.67. The maximum absolute atomic E-state index is 4.67. The molecular formula is C18H20N2. The molecule has 0 bridgehead atoms. The van der Waals surface area contributed by atoms with Gasteiger partial charge in [-0.25, -0.2) is 4.98 Å². The number of nitrogens with one attached hydrogen (secondary N) is 1. The van der Waals surface area contributed by atoms with Crippen molar-refractivity contribution >= 4 is 11.0 Å². The summed E-state index contributed by atoms with van der Waals surface area (Å²) < 4.78 is 0. The Labute approximate surface area is 119 Å². The largest absolute Gasteiger partial charge is 0.342 e. The van der Waals surface area contributed by atoms with Crippen molar-refractivity contribution in [2.45, 2.75) is 33.1 Å². The Bertz CT molecular complexity index is 725. The van der Waals surface area contributed by atoms with Crippen molar-refractivity contribution in [3.63, 3.8) is 0 Å². The number of rotatable bonds is 4. The zero-order chi connectivity index (χ0) is 13.9. The SMILES string of the molecule is Cc1ccc2[nH]c(CCCc3ccccc3C)nc2c1. The van der Waals surface area contributed by atoms with Gasteiger partial charge in [-0.05, 0) is 55.5 Å². The molecule has 3 rings (SSSR count). The van der Waals surface area contributed by atoms with Crippen LogP contribution in [0.5, 0.6) is 0 Å². The maximum Gasteiger partial charge on any atom is 0.107 e. The van der Waals surface area contributed by atoms with Crippen LogP contribution in [0.25, 0.3) is 11.0 Å². The van der Waals surface area contributed by atoms with Gasteiger partial charge in [-0.1, -0.05) is 30.3 Å². The Morgan fingerprint density at radius 2 is 1.85 bits per heavy atom. The number of fused-ring (bicyclic) bond motifs is 1. The molecule has 2 heteroatoms. The highest BCUT2D eigenvalue weighted by molar-refractivity contribution is 5.75. The van der Waals surface area contributed by atoms with Crippen molar-refractivity contribution in [3.8, 4) is 0 Å². The van der Waals surface area contributed by atoms with E-state index < -0.39 is 0 Å². The molecule has 20 heavy (non-hydrogen) atoms. The number of hydrogen-bond acceptors (Lipinski definition) is 1. The number of aromatic nitrogens is 2. The highest BCUT2D eigenvalue weighted by Gasteiger charge is 2.03. The quantitative estimate of drug-likeness (QED) is 0.745. The third kappa shape index (κ3) is 2.74. The third-order valence-electron chi connectivity index (χ3n) is 3.81. The summed E-state index contributed by atoms with van der Waals surface area (Å²) >= 11 is 0. The molecule has 1 heterocycles. The number of H-pyrrole nitrogens is 1. The highest BCUT2D eigenvalue weighted by atomic mass is 14.9. The predicted octanol–water partition coefficient (Wildman–Crippen LogP) is 4.36. The normalized spacial score (nSPS) is 11.1. The Kier molecular flexibility index (Phi) is 3.55. The second-order valence-corrected chi connectivity index (χ2v) is 5.48. The van der Waals surface area contributed by atoms with Gasteiger partial charge in [0, 0.05) is 6.42 Å². The zero-order valence-electron chi connectivity index (χ0n) is 12.1. The van der Waals surface area contributed by atoms with Gasteiger partial charge in [0.1, 0.15) is 5.82 Å². The molecule has 0 amide bonds. The highest BCUT2D eigenvalue weighted by Crippen LogP contribution is 2.15. The molecule has 2 nitrogen and oxygen atoms in total. The van der Waals surface area contributed by atoms with Crippen LogP contribution in [0.1, 0.15) is 28.9 Å². The fraction of sp³-hybridized carbons (Fsp3) is 0.278. The first-order chi connectivity index (χ1) is 9.72. The van der Waals surface area contributed by atoms with Crippen molar-refractivity contribution < 1.29 is 0 Å². The van der Waals surface area contributed by atoms with Crippen molar-refractivity contribution in [2.75, 3.05) is 0 Å². The van der Waals surface area contributed by atoms with Crippen LogP contribution >= 0.6 is 0 Å². The number of benzene rings is 2. The second-order valence-electron chi connectivity index (χ2n) is 5.48. The first-order valence-corrected chi connectivity index (χ1v) is 7.22. The van der Waals surface area contributed by atoms with E-state index in [1.165, 1.54) is 16.7 Å². The lowest BCUT2D eigenvalue weighted by Gasteiger charge is -2.03. The molecule has 0 saturated carbocycles. The number of imidazole rings is 1. The minimum atomic E-state index is 1.00. The van der Waals surface area contributed by atoms with E-state index >= 15 is 0 Å². The van der Waals surface area contributed by atoms with Gasteiger partial charge in [0.05, 0.1) is 11.0 Å². The first-order valence-electron chi connectivity index (χ1n) is 7.22. The second kappa shape index (κ2) is 5.49. The van der Waals surface area contributed by atoms with Crippen LogP contribution in [0.2, 0.25) is 0 Å². The minimum absolute atomic E-state index is 1.00. The van der Waals surface area contributed by atoms with Gasteiger partial charge in [-0.2, -0.15) is 0 Å². The summed E-state index contributed by atoms with van der Waals surface area (Å²) in [4.78, 5) is 8.08. The number of aryl methyl sites for hydroxylation is 4. The van der Waals surface area contributed by atoms with Gasteiger partial charge < -0.3 is 4.98 Å². The number of nitrogens with zero attached hydrogens (tertiary/aromatic N) is 1. The number of aromatic amines is 1. The molecule has 0 fully saturated rings. The van der Waals surface area contributed by atoms with Gasteiger partial charge in [0.15, 0.2) is 0 Å². The summed E-state index contributed by atoms with van der Waals surface area (Å²) in [6, 6.07) is 15.0. The van der Waals surface area contributed by atoms with E-state index in [2.05, 4.69) is 66.3 Å². The van der Waals surface area contributed by atoms with Crippen molar-refractivity contribution in [2.24, 2.45) is 0 Å². The lowest BCUT2D eigenvalue weighted by Crippen LogP contribution is -1.93. The van der Waals surface area contributed by atoms with E-state index in [-0.39, 0.29) is 0 Å². The fourth-order valence-electron chi connectivity index (χ4n) is 2.62. The summed E-state index contributed by atoms with van der Waals surface area (Å²) in [7, 11) is 0. The molecule has 0 aliphatic heterocycles. The summed E-state index contributed by atoms with van der Waals surface area (Å²) in [6.45, 7) is 4.28. The Morgan fingerprint density at radius 3 is 2.70 bits per heavy atom. The van der Waals surface area contributed by atoms with Crippen molar-refractivity contribution in [1.29, 1.82) is 0 Å². The average molecular weight is 264 g/mol. The molecule has 102 valence electrons. The molecule has 0 aliphatic carbocycles. The lowest BCUT2D eigenvalue weighted by molar-refractivity contribution is 0.782. The van der Waals surface area contributed by atoms with E-state index in [1.54, 1.807) is 0 Å². The lowest BCUT2D eigenvalue weighted by atomic mass is 10.0. The molecule has 0 atom stereocenters. The van der Waals surface area contributed by atoms with Gasteiger partial charge in [0.25, 0.3) is 0 Å².